The lowest BCUT2D eigenvalue weighted by molar-refractivity contribution is 0.299. The number of anilines is 1. The maximum absolute atomic E-state index is 11.8. The van der Waals surface area contributed by atoms with Crippen molar-refractivity contribution in [3.63, 3.8) is 0 Å². The third-order valence-corrected chi connectivity index (χ3v) is 2.90. The summed E-state index contributed by atoms with van der Waals surface area (Å²) in [5.41, 5.74) is 7.60. The first-order chi connectivity index (χ1) is 9.63. The van der Waals surface area contributed by atoms with Crippen LogP contribution in [0.4, 0.5) is 5.69 Å². The highest BCUT2D eigenvalue weighted by Crippen LogP contribution is 2.20. The Morgan fingerprint density at radius 3 is 3.05 bits per heavy atom. The number of benzene rings is 1. The SMILES string of the molecule is Cc1cc(N)ccc1OCc1cc(=O)n2[nH]cnc2n1. The minimum absolute atomic E-state index is 0.198. The molecule has 102 valence electrons. The molecule has 0 saturated heterocycles. The summed E-state index contributed by atoms with van der Waals surface area (Å²) in [6.07, 6.45) is 1.42. The van der Waals surface area contributed by atoms with E-state index in [-0.39, 0.29) is 12.2 Å². The number of nitrogen functional groups attached to an aromatic ring is 1. The molecule has 2 heterocycles. The lowest BCUT2D eigenvalue weighted by atomic mass is 10.2. The second kappa shape index (κ2) is 4.69. The largest absolute Gasteiger partial charge is 0.487 e. The second-order valence-electron chi connectivity index (χ2n) is 4.42. The molecule has 0 aliphatic rings. The van der Waals surface area contributed by atoms with E-state index in [0.717, 1.165) is 5.56 Å². The summed E-state index contributed by atoms with van der Waals surface area (Å²) < 4.78 is 6.92. The first-order valence-corrected chi connectivity index (χ1v) is 6.04. The van der Waals surface area contributed by atoms with Crippen molar-refractivity contribution in [1.29, 1.82) is 0 Å². The maximum atomic E-state index is 11.8. The van der Waals surface area contributed by atoms with Crippen LogP contribution in [-0.4, -0.2) is 19.6 Å². The predicted molar refractivity (Wildman–Crippen MR) is 73.5 cm³/mol. The van der Waals surface area contributed by atoms with E-state index in [4.69, 9.17) is 10.5 Å². The molecule has 20 heavy (non-hydrogen) atoms. The number of fused-ring (bicyclic) bond motifs is 1. The Hall–Kier alpha value is -2.83. The van der Waals surface area contributed by atoms with Gasteiger partial charge in [-0.2, -0.15) is 4.52 Å². The number of nitrogens with zero attached hydrogens (tertiary/aromatic N) is 3. The van der Waals surface area contributed by atoms with Crippen molar-refractivity contribution in [2.24, 2.45) is 0 Å². The summed E-state index contributed by atoms with van der Waals surface area (Å²) in [5.74, 6) is 1.04. The van der Waals surface area contributed by atoms with Gasteiger partial charge in [0.25, 0.3) is 11.3 Å². The minimum Gasteiger partial charge on any atom is -0.487 e. The summed E-state index contributed by atoms with van der Waals surface area (Å²) in [6.45, 7) is 2.11. The minimum atomic E-state index is -0.222. The first-order valence-electron chi connectivity index (χ1n) is 6.04. The van der Waals surface area contributed by atoms with Crippen molar-refractivity contribution < 1.29 is 4.74 Å². The Morgan fingerprint density at radius 1 is 1.40 bits per heavy atom. The number of rotatable bonds is 3. The van der Waals surface area contributed by atoms with Gasteiger partial charge in [0.1, 0.15) is 18.7 Å². The quantitative estimate of drug-likeness (QED) is 0.689. The van der Waals surface area contributed by atoms with Crippen LogP contribution in [0.15, 0.2) is 35.4 Å². The molecule has 7 heteroatoms. The molecule has 0 radical (unpaired) electrons. The average molecular weight is 271 g/mol. The van der Waals surface area contributed by atoms with Gasteiger partial charge in [0.05, 0.1) is 5.69 Å². The van der Waals surface area contributed by atoms with Crippen LogP contribution < -0.4 is 16.0 Å². The molecule has 3 N–H and O–H groups in total. The number of H-pyrrole nitrogens is 1. The van der Waals surface area contributed by atoms with Crippen molar-refractivity contribution in [1.82, 2.24) is 19.6 Å². The smallest absolute Gasteiger partial charge is 0.274 e. The summed E-state index contributed by atoms with van der Waals surface area (Å²) in [6, 6.07) is 6.80. The number of aromatic amines is 1. The number of aromatic nitrogens is 4. The molecule has 3 aromatic rings. The molecule has 0 fully saturated rings. The van der Waals surface area contributed by atoms with Gasteiger partial charge in [-0.1, -0.05) is 0 Å². The highest BCUT2D eigenvalue weighted by atomic mass is 16.5. The van der Waals surface area contributed by atoms with E-state index in [9.17, 15) is 4.79 Å². The molecule has 0 bridgehead atoms. The van der Waals surface area contributed by atoms with Crippen LogP contribution in [0.5, 0.6) is 5.75 Å². The Morgan fingerprint density at radius 2 is 2.25 bits per heavy atom. The van der Waals surface area contributed by atoms with Gasteiger partial charge in [-0.15, -0.1) is 0 Å². The van der Waals surface area contributed by atoms with Gasteiger partial charge < -0.3 is 10.5 Å². The lowest BCUT2D eigenvalue weighted by Gasteiger charge is -2.09. The van der Waals surface area contributed by atoms with Crippen LogP contribution in [0, 0.1) is 6.92 Å². The Kier molecular flexibility index (Phi) is 2.86. The molecule has 0 aliphatic carbocycles. The van der Waals surface area contributed by atoms with Gasteiger partial charge in [-0.25, -0.2) is 9.97 Å². The van der Waals surface area contributed by atoms with Gasteiger partial charge in [0.2, 0.25) is 0 Å². The fourth-order valence-corrected chi connectivity index (χ4v) is 1.93. The highest BCUT2D eigenvalue weighted by Gasteiger charge is 2.06. The molecule has 0 unspecified atom stereocenters. The molecule has 0 atom stereocenters. The third kappa shape index (κ3) is 2.20. The molecular weight excluding hydrogens is 258 g/mol. The van der Waals surface area contributed by atoms with Crippen molar-refractivity contribution in [3.8, 4) is 5.75 Å². The van der Waals surface area contributed by atoms with Gasteiger partial charge in [0.15, 0.2) is 0 Å². The summed E-state index contributed by atoms with van der Waals surface area (Å²) in [7, 11) is 0. The van der Waals surface area contributed by atoms with Gasteiger partial charge in [-0.05, 0) is 30.7 Å². The number of nitrogens with two attached hydrogens (primary N) is 1. The normalized spacial score (nSPS) is 10.8. The van der Waals surface area contributed by atoms with Crippen LogP contribution in [0.25, 0.3) is 5.78 Å². The molecule has 7 nitrogen and oxygen atoms in total. The van der Waals surface area contributed by atoms with Crippen molar-refractivity contribution in [2.75, 3.05) is 5.73 Å². The van der Waals surface area contributed by atoms with Crippen LogP contribution in [-0.2, 0) is 6.61 Å². The van der Waals surface area contributed by atoms with E-state index in [1.54, 1.807) is 12.1 Å². The molecule has 3 rings (SSSR count). The van der Waals surface area contributed by atoms with Crippen LogP contribution >= 0.6 is 0 Å². The number of ether oxygens (including phenoxy) is 1. The molecule has 0 aliphatic heterocycles. The topological polar surface area (TPSA) is 98.3 Å². The summed E-state index contributed by atoms with van der Waals surface area (Å²) >= 11 is 0. The van der Waals surface area contributed by atoms with Crippen LogP contribution in [0.3, 0.4) is 0 Å². The number of nitrogens with one attached hydrogen (secondary N) is 1. The zero-order valence-electron chi connectivity index (χ0n) is 10.8. The zero-order chi connectivity index (χ0) is 14.1. The third-order valence-electron chi connectivity index (χ3n) is 2.90. The van der Waals surface area contributed by atoms with Crippen LogP contribution in [0.2, 0.25) is 0 Å². The monoisotopic (exact) mass is 271 g/mol. The van der Waals surface area contributed by atoms with E-state index in [1.807, 2.05) is 13.0 Å². The van der Waals surface area contributed by atoms with E-state index >= 15 is 0 Å². The number of aryl methyl sites for hydroxylation is 1. The molecule has 0 saturated carbocycles. The summed E-state index contributed by atoms with van der Waals surface area (Å²) in [4.78, 5) is 19.9. The Labute approximate surface area is 114 Å². The molecule has 0 spiro atoms. The average Bonchev–Trinajstić information content (AvgIpc) is 2.86. The number of hydrogen-bond donors (Lipinski definition) is 2. The first kappa shape index (κ1) is 12.2. The lowest BCUT2D eigenvalue weighted by Crippen LogP contribution is -2.16. The fraction of sp³-hybridized carbons (Fsp3) is 0.154. The molecule has 2 aromatic heterocycles. The predicted octanol–water partition coefficient (Wildman–Crippen LogP) is 0.887. The van der Waals surface area contributed by atoms with E-state index in [0.29, 0.717) is 22.9 Å². The van der Waals surface area contributed by atoms with Crippen LogP contribution in [0.1, 0.15) is 11.3 Å². The Balaban J connectivity index is 1.84. The standard InChI is InChI=1S/C13H13N5O2/c1-8-4-9(14)2-3-11(8)20-6-10-5-12(19)18-13(17-10)15-7-16-18/h2-5,7H,6,14H2,1H3,(H,15,16,17). The van der Waals surface area contributed by atoms with Crippen molar-refractivity contribution in [3.05, 3.63) is 52.2 Å². The van der Waals surface area contributed by atoms with Crippen molar-refractivity contribution in [2.45, 2.75) is 13.5 Å². The second-order valence-corrected chi connectivity index (χ2v) is 4.42. The van der Waals surface area contributed by atoms with Gasteiger partial charge >= 0.3 is 0 Å². The van der Waals surface area contributed by atoms with E-state index in [2.05, 4.69) is 15.1 Å². The molecule has 0 amide bonds. The van der Waals surface area contributed by atoms with E-state index < -0.39 is 0 Å². The fourth-order valence-electron chi connectivity index (χ4n) is 1.93. The Bertz CT molecular complexity index is 821. The van der Waals surface area contributed by atoms with Crippen molar-refractivity contribution >= 4 is 11.5 Å². The molecule has 1 aromatic carbocycles. The highest BCUT2D eigenvalue weighted by molar-refractivity contribution is 5.47. The van der Waals surface area contributed by atoms with Gasteiger partial charge in [-0.3, -0.25) is 9.89 Å². The summed E-state index contributed by atoms with van der Waals surface area (Å²) in [5, 5.41) is 2.68. The maximum Gasteiger partial charge on any atom is 0.274 e. The van der Waals surface area contributed by atoms with Gasteiger partial charge in [0, 0.05) is 11.8 Å². The number of hydrogen-bond acceptors (Lipinski definition) is 5. The zero-order valence-corrected chi connectivity index (χ0v) is 10.8. The van der Waals surface area contributed by atoms with E-state index in [1.165, 1.54) is 16.9 Å². The molecular formula is C13H13N5O2.